The minimum absolute atomic E-state index is 0.103. The summed E-state index contributed by atoms with van der Waals surface area (Å²) in [5.74, 6) is 0.189. The van der Waals surface area contributed by atoms with Gasteiger partial charge in [0.1, 0.15) is 0 Å². The van der Waals surface area contributed by atoms with E-state index in [2.05, 4.69) is 10.1 Å². The molecule has 17 heavy (non-hydrogen) atoms. The van der Waals surface area contributed by atoms with E-state index in [4.69, 9.17) is 9.63 Å². The lowest BCUT2D eigenvalue weighted by Crippen LogP contribution is -2.35. The number of amides is 1. The Labute approximate surface area is 99.8 Å². The summed E-state index contributed by atoms with van der Waals surface area (Å²) >= 11 is 0. The molecule has 2 rings (SSSR count). The molecule has 1 fully saturated rings. The maximum atomic E-state index is 12.0. The fraction of sp³-hybridized carbons (Fsp3) is 0.636. The molecule has 0 atom stereocenters. The molecule has 1 N–H and O–H groups in total. The molecule has 0 saturated carbocycles. The molecular weight excluding hydrogens is 222 g/mol. The second kappa shape index (κ2) is 5.79. The average molecular weight is 239 g/mol. The molecule has 6 heteroatoms. The molecule has 0 aromatic carbocycles. The molecule has 0 unspecified atom stereocenters. The maximum Gasteiger partial charge on any atom is 0.292 e. The SMILES string of the molecule is O=C(c1ccno1)N1CCCN(CCO)CC1. The number of hydrogen-bond donors (Lipinski definition) is 1. The Morgan fingerprint density at radius 3 is 3.00 bits per heavy atom. The molecular formula is C11H17N3O3. The summed E-state index contributed by atoms with van der Waals surface area (Å²) in [4.78, 5) is 15.9. The Hall–Kier alpha value is -1.40. The highest BCUT2D eigenvalue weighted by atomic mass is 16.5. The monoisotopic (exact) mass is 239 g/mol. The largest absolute Gasteiger partial charge is 0.395 e. The molecule has 1 aliphatic rings. The van der Waals surface area contributed by atoms with E-state index < -0.39 is 0 Å². The van der Waals surface area contributed by atoms with Gasteiger partial charge in [-0.1, -0.05) is 5.16 Å². The zero-order valence-corrected chi connectivity index (χ0v) is 9.71. The number of aliphatic hydroxyl groups is 1. The zero-order valence-electron chi connectivity index (χ0n) is 9.71. The molecule has 1 saturated heterocycles. The molecule has 6 nitrogen and oxygen atoms in total. The van der Waals surface area contributed by atoms with Gasteiger partial charge in [0.25, 0.3) is 5.91 Å². The Bertz CT molecular complexity index is 353. The van der Waals surface area contributed by atoms with Crippen molar-refractivity contribution in [2.45, 2.75) is 6.42 Å². The lowest BCUT2D eigenvalue weighted by Gasteiger charge is -2.20. The van der Waals surface area contributed by atoms with Gasteiger partial charge in [-0.2, -0.15) is 0 Å². The van der Waals surface area contributed by atoms with Crippen LogP contribution in [-0.2, 0) is 0 Å². The van der Waals surface area contributed by atoms with Crippen molar-refractivity contribution in [1.82, 2.24) is 15.0 Å². The number of hydrogen-bond acceptors (Lipinski definition) is 5. The van der Waals surface area contributed by atoms with Gasteiger partial charge < -0.3 is 14.5 Å². The van der Waals surface area contributed by atoms with E-state index in [1.54, 1.807) is 11.0 Å². The number of aliphatic hydroxyl groups excluding tert-OH is 1. The fourth-order valence-corrected chi connectivity index (χ4v) is 2.02. The van der Waals surface area contributed by atoms with Crippen molar-refractivity contribution < 1.29 is 14.4 Å². The molecule has 0 radical (unpaired) electrons. The van der Waals surface area contributed by atoms with Crippen molar-refractivity contribution in [3.8, 4) is 0 Å². The van der Waals surface area contributed by atoms with Crippen molar-refractivity contribution >= 4 is 5.91 Å². The van der Waals surface area contributed by atoms with Gasteiger partial charge in [-0.3, -0.25) is 9.69 Å². The predicted octanol–water partition coefficient (Wildman–Crippen LogP) is -0.185. The van der Waals surface area contributed by atoms with E-state index >= 15 is 0 Å². The van der Waals surface area contributed by atoms with Crippen LogP contribution in [0.5, 0.6) is 0 Å². The summed E-state index contributed by atoms with van der Waals surface area (Å²) in [6.07, 6.45) is 2.39. The summed E-state index contributed by atoms with van der Waals surface area (Å²) in [6.45, 7) is 3.93. The lowest BCUT2D eigenvalue weighted by atomic mass is 10.3. The average Bonchev–Trinajstić information content (AvgIpc) is 2.76. The molecule has 0 spiro atoms. The molecule has 1 aromatic heterocycles. The van der Waals surface area contributed by atoms with Crippen molar-refractivity contribution in [2.24, 2.45) is 0 Å². The Kier molecular flexibility index (Phi) is 4.11. The third-order valence-electron chi connectivity index (χ3n) is 2.94. The number of carbonyl (C=O) groups excluding carboxylic acids is 1. The highest BCUT2D eigenvalue weighted by Gasteiger charge is 2.22. The van der Waals surface area contributed by atoms with Crippen LogP contribution in [0.1, 0.15) is 17.0 Å². The molecule has 0 bridgehead atoms. The smallest absolute Gasteiger partial charge is 0.292 e. The van der Waals surface area contributed by atoms with E-state index in [0.717, 1.165) is 26.1 Å². The van der Waals surface area contributed by atoms with Gasteiger partial charge in [0.05, 0.1) is 12.8 Å². The first kappa shape index (κ1) is 12.1. The van der Waals surface area contributed by atoms with Crippen LogP contribution in [0.3, 0.4) is 0 Å². The second-order valence-corrected chi connectivity index (χ2v) is 4.09. The predicted molar refractivity (Wildman–Crippen MR) is 60.5 cm³/mol. The second-order valence-electron chi connectivity index (χ2n) is 4.09. The van der Waals surface area contributed by atoms with Gasteiger partial charge in [0.15, 0.2) is 0 Å². The van der Waals surface area contributed by atoms with Crippen LogP contribution in [0.4, 0.5) is 0 Å². The third kappa shape index (κ3) is 3.04. The van der Waals surface area contributed by atoms with Gasteiger partial charge >= 0.3 is 0 Å². The summed E-state index contributed by atoms with van der Waals surface area (Å²) in [6, 6.07) is 1.58. The molecule has 1 aliphatic heterocycles. The molecule has 1 aromatic rings. The van der Waals surface area contributed by atoms with Crippen LogP contribution in [-0.4, -0.2) is 65.3 Å². The van der Waals surface area contributed by atoms with E-state index in [9.17, 15) is 4.79 Å². The molecule has 94 valence electrons. The van der Waals surface area contributed by atoms with Crippen LogP contribution >= 0.6 is 0 Å². The number of β-amino-alcohol motifs (C(OH)–C–C–N with tert-alkyl or cyclic N) is 1. The van der Waals surface area contributed by atoms with E-state index in [1.807, 2.05) is 0 Å². The Morgan fingerprint density at radius 1 is 1.41 bits per heavy atom. The number of carbonyl (C=O) groups is 1. The van der Waals surface area contributed by atoms with Gasteiger partial charge in [0, 0.05) is 32.2 Å². The number of rotatable bonds is 3. The highest BCUT2D eigenvalue weighted by Crippen LogP contribution is 2.08. The summed E-state index contributed by atoms with van der Waals surface area (Å²) in [5, 5.41) is 12.4. The van der Waals surface area contributed by atoms with Crippen LogP contribution in [0.15, 0.2) is 16.8 Å². The van der Waals surface area contributed by atoms with Gasteiger partial charge in [-0.25, -0.2) is 0 Å². The topological polar surface area (TPSA) is 69.8 Å². The van der Waals surface area contributed by atoms with Crippen molar-refractivity contribution in [1.29, 1.82) is 0 Å². The maximum absolute atomic E-state index is 12.0. The molecule has 0 aliphatic carbocycles. The first-order valence-electron chi connectivity index (χ1n) is 5.84. The quantitative estimate of drug-likeness (QED) is 0.792. The first-order valence-corrected chi connectivity index (χ1v) is 5.84. The van der Waals surface area contributed by atoms with E-state index in [1.165, 1.54) is 6.20 Å². The Morgan fingerprint density at radius 2 is 2.29 bits per heavy atom. The van der Waals surface area contributed by atoms with Crippen molar-refractivity contribution in [3.63, 3.8) is 0 Å². The van der Waals surface area contributed by atoms with Gasteiger partial charge in [-0.15, -0.1) is 0 Å². The first-order chi connectivity index (χ1) is 8.31. The molecule has 1 amide bonds. The van der Waals surface area contributed by atoms with Crippen molar-refractivity contribution in [2.75, 3.05) is 39.3 Å². The highest BCUT2D eigenvalue weighted by molar-refractivity contribution is 5.91. The third-order valence-corrected chi connectivity index (χ3v) is 2.94. The van der Waals surface area contributed by atoms with E-state index in [0.29, 0.717) is 18.8 Å². The van der Waals surface area contributed by atoms with Gasteiger partial charge in [0.2, 0.25) is 5.76 Å². The summed E-state index contributed by atoms with van der Waals surface area (Å²) < 4.78 is 4.87. The normalized spacial score (nSPS) is 18.1. The molecule has 2 heterocycles. The summed E-state index contributed by atoms with van der Waals surface area (Å²) in [5.41, 5.74) is 0. The fourth-order valence-electron chi connectivity index (χ4n) is 2.02. The number of nitrogens with zero attached hydrogens (tertiary/aromatic N) is 3. The summed E-state index contributed by atoms with van der Waals surface area (Å²) in [7, 11) is 0. The lowest BCUT2D eigenvalue weighted by molar-refractivity contribution is 0.0718. The van der Waals surface area contributed by atoms with Crippen molar-refractivity contribution in [3.05, 3.63) is 18.0 Å². The van der Waals surface area contributed by atoms with Crippen LogP contribution in [0.25, 0.3) is 0 Å². The number of aromatic nitrogens is 1. The van der Waals surface area contributed by atoms with E-state index in [-0.39, 0.29) is 12.5 Å². The minimum atomic E-state index is -0.103. The van der Waals surface area contributed by atoms with Crippen LogP contribution in [0.2, 0.25) is 0 Å². The standard InChI is InChI=1S/C11H17N3O3/c15-9-8-13-4-1-5-14(7-6-13)11(16)10-2-3-12-17-10/h2-3,15H,1,4-9H2. The van der Waals surface area contributed by atoms with Crippen LogP contribution < -0.4 is 0 Å². The zero-order chi connectivity index (χ0) is 12.1. The Balaban J connectivity index is 1.92. The minimum Gasteiger partial charge on any atom is -0.395 e. The van der Waals surface area contributed by atoms with Crippen LogP contribution in [0, 0.1) is 0 Å². The van der Waals surface area contributed by atoms with Gasteiger partial charge in [-0.05, 0) is 13.0 Å².